The van der Waals surface area contributed by atoms with Crippen LogP contribution in [0.15, 0.2) is 66.7 Å². The van der Waals surface area contributed by atoms with E-state index in [1.165, 1.54) is 5.56 Å². The topological polar surface area (TPSA) is 61.4 Å². The fraction of sp³-hybridized carbons (Fsp3) is 0.217. The van der Waals surface area contributed by atoms with E-state index in [1.807, 2.05) is 60.7 Å². The Morgan fingerprint density at radius 3 is 2.50 bits per heavy atom. The van der Waals surface area contributed by atoms with Crippen LogP contribution in [-0.4, -0.2) is 24.9 Å². The van der Waals surface area contributed by atoms with Crippen molar-refractivity contribution in [1.29, 1.82) is 0 Å². The number of para-hydroxylation sites is 1. The van der Waals surface area contributed by atoms with Gasteiger partial charge in [0.2, 0.25) is 5.91 Å². The number of amides is 2. The molecule has 0 saturated heterocycles. The van der Waals surface area contributed by atoms with E-state index in [-0.39, 0.29) is 24.8 Å². The first-order chi connectivity index (χ1) is 13.7. The second-order valence-corrected chi connectivity index (χ2v) is 7.11. The highest BCUT2D eigenvalue weighted by atomic mass is 16.2. The number of carbonyl (C=O) groups is 2. The minimum absolute atomic E-state index is 0.219. The van der Waals surface area contributed by atoms with Gasteiger partial charge >= 0.3 is 0 Å². The first-order valence-corrected chi connectivity index (χ1v) is 9.57. The van der Waals surface area contributed by atoms with Crippen LogP contribution in [0.3, 0.4) is 0 Å². The van der Waals surface area contributed by atoms with Crippen LogP contribution in [0.2, 0.25) is 0 Å². The van der Waals surface area contributed by atoms with Crippen molar-refractivity contribution in [2.45, 2.75) is 19.3 Å². The van der Waals surface area contributed by atoms with E-state index in [0.717, 1.165) is 41.4 Å². The maximum Gasteiger partial charge on any atom is 0.257 e. The summed E-state index contributed by atoms with van der Waals surface area (Å²) in [5, 5.41) is 2.24. The average Bonchev–Trinajstić information content (AvgIpc) is 2.72. The van der Waals surface area contributed by atoms with Crippen molar-refractivity contribution in [3.05, 3.63) is 77.9 Å². The van der Waals surface area contributed by atoms with Crippen molar-refractivity contribution >= 4 is 28.3 Å². The average molecular weight is 373 g/mol. The SMILES string of the molecule is O=C(Cc1ccc2ccccc2c1)NNC(=O)CN1CCCc2ccccc21. The Bertz CT molecular complexity index is 1020. The van der Waals surface area contributed by atoms with Gasteiger partial charge in [0.05, 0.1) is 13.0 Å². The van der Waals surface area contributed by atoms with E-state index in [1.54, 1.807) is 0 Å². The monoisotopic (exact) mass is 373 g/mol. The van der Waals surface area contributed by atoms with Gasteiger partial charge in [-0.15, -0.1) is 0 Å². The molecule has 142 valence electrons. The number of nitrogens with zero attached hydrogens (tertiary/aromatic N) is 1. The van der Waals surface area contributed by atoms with E-state index in [9.17, 15) is 9.59 Å². The molecule has 5 heteroatoms. The van der Waals surface area contributed by atoms with Crippen LogP contribution in [0.1, 0.15) is 17.5 Å². The van der Waals surface area contributed by atoms with Crippen molar-refractivity contribution in [1.82, 2.24) is 10.9 Å². The highest BCUT2D eigenvalue weighted by molar-refractivity contribution is 5.87. The Morgan fingerprint density at radius 1 is 0.857 bits per heavy atom. The summed E-state index contributed by atoms with van der Waals surface area (Å²) in [6, 6.07) is 22.1. The molecule has 5 nitrogen and oxygen atoms in total. The Hall–Kier alpha value is -3.34. The zero-order chi connectivity index (χ0) is 19.3. The Labute approximate surface area is 164 Å². The third-order valence-electron chi connectivity index (χ3n) is 5.06. The van der Waals surface area contributed by atoms with Crippen LogP contribution in [0, 0.1) is 0 Å². The minimum atomic E-state index is -0.234. The zero-order valence-corrected chi connectivity index (χ0v) is 15.7. The quantitative estimate of drug-likeness (QED) is 0.691. The van der Waals surface area contributed by atoms with Gasteiger partial charge in [-0.1, -0.05) is 60.7 Å². The molecular weight excluding hydrogens is 350 g/mol. The lowest BCUT2D eigenvalue weighted by atomic mass is 10.0. The molecule has 0 atom stereocenters. The van der Waals surface area contributed by atoms with Crippen molar-refractivity contribution in [2.24, 2.45) is 0 Å². The molecule has 1 aliphatic rings. The number of carbonyl (C=O) groups excluding carboxylic acids is 2. The zero-order valence-electron chi connectivity index (χ0n) is 15.7. The molecule has 0 aliphatic carbocycles. The fourth-order valence-corrected chi connectivity index (χ4v) is 3.71. The summed E-state index contributed by atoms with van der Waals surface area (Å²) in [5.74, 6) is -0.453. The lowest BCUT2D eigenvalue weighted by molar-refractivity contribution is -0.127. The predicted molar refractivity (Wildman–Crippen MR) is 111 cm³/mol. The van der Waals surface area contributed by atoms with E-state index >= 15 is 0 Å². The Balaban J connectivity index is 1.30. The van der Waals surface area contributed by atoms with Gasteiger partial charge in [0.15, 0.2) is 0 Å². The van der Waals surface area contributed by atoms with Crippen LogP contribution in [0.5, 0.6) is 0 Å². The molecule has 1 aliphatic heterocycles. The summed E-state index contributed by atoms with van der Waals surface area (Å²) >= 11 is 0. The normalized spacial score (nSPS) is 13.1. The molecule has 1 heterocycles. The summed E-state index contributed by atoms with van der Waals surface area (Å²) in [4.78, 5) is 26.5. The summed E-state index contributed by atoms with van der Waals surface area (Å²) in [6.07, 6.45) is 2.28. The highest BCUT2D eigenvalue weighted by Crippen LogP contribution is 2.26. The fourth-order valence-electron chi connectivity index (χ4n) is 3.71. The number of nitrogens with one attached hydrogen (secondary N) is 2. The number of anilines is 1. The summed E-state index contributed by atoms with van der Waals surface area (Å²) in [7, 11) is 0. The smallest absolute Gasteiger partial charge is 0.257 e. The van der Waals surface area contributed by atoms with Gasteiger partial charge in [-0.2, -0.15) is 0 Å². The van der Waals surface area contributed by atoms with Gasteiger partial charge in [0, 0.05) is 12.2 Å². The van der Waals surface area contributed by atoms with Gasteiger partial charge in [-0.3, -0.25) is 20.4 Å². The lowest BCUT2D eigenvalue weighted by Gasteiger charge is -2.30. The summed E-state index contributed by atoms with van der Waals surface area (Å²) in [5.41, 5.74) is 8.35. The molecule has 0 fully saturated rings. The Morgan fingerprint density at radius 2 is 1.61 bits per heavy atom. The minimum Gasteiger partial charge on any atom is -0.362 e. The van der Waals surface area contributed by atoms with Gasteiger partial charge in [0.25, 0.3) is 5.91 Å². The second-order valence-electron chi connectivity index (χ2n) is 7.11. The molecule has 3 aromatic carbocycles. The van der Waals surface area contributed by atoms with Gasteiger partial charge in [0.1, 0.15) is 0 Å². The molecule has 28 heavy (non-hydrogen) atoms. The maximum absolute atomic E-state index is 12.3. The third kappa shape index (κ3) is 4.14. The molecule has 0 saturated carbocycles. The molecule has 0 radical (unpaired) electrons. The number of hydrazine groups is 1. The molecular formula is C23H23N3O2. The molecule has 3 aromatic rings. The predicted octanol–water partition coefficient (Wildman–Crippen LogP) is 2.98. The van der Waals surface area contributed by atoms with E-state index in [0.29, 0.717) is 0 Å². The van der Waals surface area contributed by atoms with Gasteiger partial charge in [-0.05, 0) is 40.8 Å². The molecule has 4 rings (SSSR count). The number of benzene rings is 3. The van der Waals surface area contributed by atoms with Gasteiger partial charge < -0.3 is 4.90 Å². The van der Waals surface area contributed by atoms with Crippen molar-refractivity contribution in [3.8, 4) is 0 Å². The van der Waals surface area contributed by atoms with E-state index < -0.39 is 0 Å². The van der Waals surface area contributed by atoms with Crippen LogP contribution >= 0.6 is 0 Å². The first kappa shape index (κ1) is 18.0. The van der Waals surface area contributed by atoms with Crippen LogP contribution in [0.4, 0.5) is 5.69 Å². The molecule has 0 spiro atoms. The third-order valence-corrected chi connectivity index (χ3v) is 5.06. The largest absolute Gasteiger partial charge is 0.362 e. The van der Waals surface area contributed by atoms with Crippen LogP contribution in [0.25, 0.3) is 10.8 Å². The van der Waals surface area contributed by atoms with Crippen molar-refractivity contribution < 1.29 is 9.59 Å². The number of fused-ring (bicyclic) bond motifs is 2. The number of aryl methyl sites for hydroxylation is 1. The molecule has 2 N–H and O–H groups in total. The van der Waals surface area contributed by atoms with Gasteiger partial charge in [-0.25, -0.2) is 0 Å². The first-order valence-electron chi connectivity index (χ1n) is 9.57. The Kier molecular flexibility index (Phi) is 5.24. The van der Waals surface area contributed by atoms with Crippen molar-refractivity contribution in [2.75, 3.05) is 18.0 Å². The lowest BCUT2D eigenvalue weighted by Crippen LogP contribution is -2.47. The number of hydrogen-bond donors (Lipinski definition) is 2. The van der Waals surface area contributed by atoms with Crippen LogP contribution < -0.4 is 15.8 Å². The van der Waals surface area contributed by atoms with E-state index in [2.05, 4.69) is 21.8 Å². The summed E-state index contributed by atoms with van der Waals surface area (Å²) < 4.78 is 0. The maximum atomic E-state index is 12.3. The standard InChI is InChI=1S/C23H23N3O2/c27-22(15-17-11-12-18-6-1-2-8-20(18)14-17)24-25-23(28)16-26-13-5-9-19-7-3-4-10-21(19)26/h1-4,6-8,10-12,14H,5,9,13,15-16H2,(H,24,27)(H,25,28). The second kappa shape index (κ2) is 8.13. The molecule has 0 bridgehead atoms. The summed E-state index contributed by atoms with van der Waals surface area (Å²) in [6.45, 7) is 1.07. The molecule has 0 aromatic heterocycles. The highest BCUT2D eigenvalue weighted by Gasteiger charge is 2.18. The van der Waals surface area contributed by atoms with Crippen LogP contribution in [-0.2, 0) is 22.4 Å². The van der Waals surface area contributed by atoms with E-state index in [4.69, 9.17) is 0 Å². The number of rotatable bonds is 4. The molecule has 0 unspecified atom stereocenters. The molecule has 2 amide bonds. The number of hydrogen-bond acceptors (Lipinski definition) is 3. The van der Waals surface area contributed by atoms with Crippen molar-refractivity contribution in [3.63, 3.8) is 0 Å².